The predicted molar refractivity (Wildman–Crippen MR) is 66.4 cm³/mol. The van der Waals surface area contributed by atoms with Gasteiger partial charge in [0.1, 0.15) is 0 Å². The van der Waals surface area contributed by atoms with Crippen LogP contribution in [-0.4, -0.2) is 40.9 Å². The molecule has 2 bridgehead atoms. The summed E-state index contributed by atoms with van der Waals surface area (Å²) in [7, 11) is 0. The average molecular weight is 248 g/mol. The van der Waals surface area contributed by atoms with E-state index in [1.54, 1.807) is 0 Å². The van der Waals surface area contributed by atoms with Crippen molar-refractivity contribution in [2.24, 2.45) is 0 Å². The number of carboxylic acid groups (broad SMARTS) is 1. The molecule has 96 valence electrons. The fraction of sp³-hybridized carbons (Fsp3) is 0.462. The van der Waals surface area contributed by atoms with Gasteiger partial charge in [0.05, 0.1) is 24.8 Å². The molecule has 1 amide bonds. The first-order valence-electron chi connectivity index (χ1n) is 6.06. The molecule has 1 aromatic carbocycles. The molecule has 2 saturated heterocycles. The Bertz CT molecular complexity index is 474. The van der Waals surface area contributed by atoms with Crippen molar-refractivity contribution < 1.29 is 14.6 Å². The lowest BCUT2D eigenvalue weighted by molar-refractivity contribution is -0.0386. The van der Waals surface area contributed by atoms with Gasteiger partial charge in [-0.1, -0.05) is 12.1 Å². The molecule has 0 radical (unpaired) electrons. The van der Waals surface area contributed by atoms with Crippen LogP contribution in [0.15, 0.2) is 24.3 Å². The van der Waals surface area contributed by atoms with E-state index in [4.69, 9.17) is 15.6 Å². The predicted octanol–water partition coefficient (Wildman–Crippen LogP) is 1.33. The Morgan fingerprint density at radius 3 is 2.83 bits per heavy atom. The third-order valence-corrected chi connectivity index (χ3v) is 3.84. The van der Waals surface area contributed by atoms with Crippen LogP contribution in [0.25, 0.3) is 0 Å². The monoisotopic (exact) mass is 248 g/mol. The number of benzene rings is 1. The molecule has 3 rings (SSSR count). The number of nitrogens with zero attached hydrogens (tertiary/aromatic N) is 1. The summed E-state index contributed by atoms with van der Waals surface area (Å²) >= 11 is 0. The van der Waals surface area contributed by atoms with Gasteiger partial charge in [0, 0.05) is 18.5 Å². The summed E-state index contributed by atoms with van der Waals surface area (Å²) in [5.74, 6) is 0. The first-order chi connectivity index (χ1) is 8.58. The Balaban J connectivity index is 1.77. The Labute approximate surface area is 105 Å². The molecule has 0 aliphatic carbocycles. The lowest BCUT2D eigenvalue weighted by Crippen LogP contribution is -2.46. The van der Waals surface area contributed by atoms with Gasteiger partial charge in [0.25, 0.3) is 0 Å². The standard InChI is InChI=1S/C13H16N2O3/c14-10-3-1-9(2-4-10)5-13-6-11(7-18-13)15(8-13)12(16)17/h1-4,11H,5-8,14H2,(H,16,17)/t11-,13-/m0/s1. The van der Waals surface area contributed by atoms with Crippen molar-refractivity contribution in [2.75, 3.05) is 18.9 Å². The average Bonchev–Trinajstić information content (AvgIpc) is 2.90. The van der Waals surface area contributed by atoms with Crippen molar-refractivity contribution in [1.82, 2.24) is 4.90 Å². The minimum absolute atomic E-state index is 0.0243. The number of hydrogen-bond donors (Lipinski definition) is 2. The fourth-order valence-corrected chi connectivity index (χ4v) is 2.98. The van der Waals surface area contributed by atoms with Crippen LogP contribution in [0.1, 0.15) is 12.0 Å². The number of morpholine rings is 1. The van der Waals surface area contributed by atoms with E-state index in [0.29, 0.717) is 13.2 Å². The highest BCUT2D eigenvalue weighted by Crippen LogP contribution is 2.39. The molecule has 3 N–H and O–H groups in total. The van der Waals surface area contributed by atoms with E-state index in [2.05, 4.69) is 0 Å². The van der Waals surface area contributed by atoms with Crippen LogP contribution < -0.4 is 5.73 Å². The van der Waals surface area contributed by atoms with Crippen LogP contribution in [0.5, 0.6) is 0 Å². The largest absolute Gasteiger partial charge is 0.465 e. The topological polar surface area (TPSA) is 75.8 Å². The number of carbonyl (C=O) groups is 1. The zero-order valence-corrected chi connectivity index (χ0v) is 10.0. The van der Waals surface area contributed by atoms with Gasteiger partial charge < -0.3 is 20.5 Å². The molecule has 5 nitrogen and oxygen atoms in total. The Morgan fingerprint density at radius 2 is 2.22 bits per heavy atom. The lowest BCUT2D eigenvalue weighted by Gasteiger charge is -2.31. The van der Waals surface area contributed by atoms with Gasteiger partial charge >= 0.3 is 6.09 Å². The van der Waals surface area contributed by atoms with Gasteiger partial charge in [-0.25, -0.2) is 4.79 Å². The van der Waals surface area contributed by atoms with Crippen LogP contribution in [0.3, 0.4) is 0 Å². The number of ether oxygens (including phenoxy) is 1. The van der Waals surface area contributed by atoms with Crippen LogP contribution in [0.4, 0.5) is 10.5 Å². The van der Waals surface area contributed by atoms with Gasteiger partial charge in [-0.05, 0) is 17.7 Å². The number of amides is 1. The number of fused-ring (bicyclic) bond motifs is 2. The second-order valence-electron chi connectivity index (χ2n) is 5.18. The van der Waals surface area contributed by atoms with Gasteiger partial charge in [-0.15, -0.1) is 0 Å². The zero-order chi connectivity index (χ0) is 12.8. The summed E-state index contributed by atoms with van der Waals surface area (Å²) in [6.45, 7) is 0.985. The summed E-state index contributed by atoms with van der Waals surface area (Å²) < 4.78 is 5.82. The molecule has 0 spiro atoms. The van der Waals surface area contributed by atoms with Crippen molar-refractivity contribution in [3.05, 3.63) is 29.8 Å². The number of anilines is 1. The summed E-state index contributed by atoms with van der Waals surface area (Å²) in [5, 5.41) is 9.11. The van der Waals surface area contributed by atoms with Crippen LogP contribution >= 0.6 is 0 Å². The highest BCUT2D eigenvalue weighted by atomic mass is 16.5. The highest BCUT2D eigenvalue weighted by molar-refractivity contribution is 5.66. The molecule has 2 aliphatic rings. The van der Waals surface area contributed by atoms with Gasteiger partial charge in [0.15, 0.2) is 0 Å². The summed E-state index contributed by atoms with van der Waals surface area (Å²) in [6.07, 6.45) is 0.694. The number of nitrogens with two attached hydrogens (primary N) is 1. The smallest absolute Gasteiger partial charge is 0.407 e. The van der Waals surface area contributed by atoms with E-state index >= 15 is 0 Å². The third-order valence-electron chi connectivity index (χ3n) is 3.84. The van der Waals surface area contributed by atoms with Crippen molar-refractivity contribution in [3.63, 3.8) is 0 Å². The highest BCUT2D eigenvalue weighted by Gasteiger charge is 2.52. The van der Waals surface area contributed by atoms with Crippen molar-refractivity contribution in [2.45, 2.75) is 24.5 Å². The molecule has 18 heavy (non-hydrogen) atoms. The second-order valence-corrected chi connectivity index (χ2v) is 5.18. The maximum Gasteiger partial charge on any atom is 0.407 e. The number of hydrogen-bond acceptors (Lipinski definition) is 3. The first-order valence-corrected chi connectivity index (χ1v) is 6.06. The minimum Gasteiger partial charge on any atom is -0.465 e. The van der Waals surface area contributed by atoms with E-state index in [-0.39, 0.29) is 11.6 Å². The fourth-order valence-electron chi connectivity index (χ4n) is 2.98. The van der Waals surface area contributed by atoms with Crippen LogP contribution in [0.2, 0.25) is 0 Å². The maximum atomic E-state index is 11.1. The Hall–Kier alpha value is -1.75. The molecule has 2 heterocycles. The summed E-state index contributed by atoms with van der Waals surface area (Å²) in [6, 6.07) is 7.70. The molecule has 2 aliphatic heterocycles. The molecule has 0 aromatic heterocycles. The maximum absolute atomic E-state index is 11.1. The van der Waals surface area contributed by atoms with Gasteiger partial charge in [0.2, 0.25) is 0 Å². The van der Waals surface area contributed by atoms with E-state index in [1.165, 1.54) is 4.90 Å². The van der Waals surface area contributed by atoms with E-state index in [9.17, 15) is 4.79 Å². The van der Waals surface area contributed by atoms with Crippen molar-refractivity contribution >= 4 is 11.8 Å². The molecular formula is C13H16N2O3. The Kier molecular flexibility index (Phi) is 2.45. The molecule has 2 atom stereocenters. The first kappa shape index (κ1) is 11.3. The third kappa shape index (κ3) is 1.80. The molecule has 0 unspecified atom stereocenters. The van der Waals surface area contributed by atoms with Crippen molar-refractivity contribution in [3.8, 4) is 0 Å². The van der Waals surface area contributed by atoms with Gasteiger partial charge in [-0.2, -0.15) is 0 Å². The summed E-state index contributed by atoms with van der Waals surface area (Å²) in [5.41, 5.74) is 7.19. The number of rotatable bonds is 2. The number of likely N-dealkylation sites (tertiary alicyclic amines) is 1. The normalized spacial score (nSPS) is 29.8. The lowest BCUT2D eigenvalue weighted by atomic mass is 9.93. The minimum atomic E-state index is -0.845. The van der Waals surface area contributed by atoms with E-state index in [1.807, 2.05) is 24.3 Å². The molecule has 5 heteroatoms. The second kappa shape index (κ2) is 3.88. The molecule has 2 fully saturated rings. The number of nitrogen functional groups attached to an aromatic ring is 1. The molecule has 1 aromatic rings. The zero-order valence-electron chi connectivity index (χ0n) is 10.0. The van der Waals surface area contributed by atoms with E-state index in [0.717, 1.165) is 24.1 Å². The van der Waals surface area contributed by atoms with Gasteiger partial charge in [-0.3, -0.25) is 0 Å². The Morgan fingerprint density at radius 1 is 1.50 bits per heavy atom. The van der Waals surface area contributed by atoms with Crippen LogP contribution in [0, 0.1) is 0 Å². The summed E-state index contributed by atoms with van der Waals surface area (Å²) in [4.78, 5) is 12.6. The molecule has 0 saturated carbocycles. The SMILES string of the molecule is Nc1ccc(C[C@@]23C[C@@H](CO2)N(C(=O)O)C3)cc1. The van der Waals surface area contributed by atoms with E-state index < -0.39 is 6.09 Å². The quantitative estimate of drug-likeness (QED) is 0.774. The van der Waals surface area contributed by atoms with Crippen LogP contribution in [-0.2, 0) is 11.2 Å². The van der Waals surface area contributed by atoms with Crippen molar-refractivity contribution in [1.29, 1.82) is 0 Å². The molecular weight excluding hydrogens is 232 g/mol.